The van der Waals surface area contributed by atoms with Crippen molar-refractivity contribution >= 4 is 23.7 Å². The van der Waals surface area contributed by atoms with Gasteiger partial charge in [0.15, 0.2) is 12.1 Å². The molecule has 0 unspecified atom stereocenters. The highest BCUT2D eigenvalue weighted by Crippen LogP contribution is 2.39. The number of nitrogens with zero attached hydrogens (tertiary/aromatic N) is 2. The van der Waals surface area contributed by atoms with Crippen LogP contribution in [-0.4, -0.2) is 17.1 Å². The Hall–Kier alpha value is -5.45. The van der Waals surface area contributed by atoms with Crippen molar-refractivity contribution in [2.24, 2.45) is 0 Å². The summed E-state index contributed by atoms with van der Waals surface area (Å²) >= 11 is 6.51. The number of hydrogen-bond donors (Lipinski definition) is 0. The van der Waals surface area contributed by atoms with Gasteiger partial charge in [0, 0.05) is 41.6 Å². The summed E-state index contributed by atoms with van der Waals surface area (Å²) in [6.07, 6.45) is 5.97. The Morgan fingerprint density at radius 2 is 1.55 bits per heavy atom. The largest absolute Gasteiger partial charge is 0.488 e. The Bertz CT molecular complexity index is 2050. The van der Waals surface area contributed by atoms with Gasteiger partial charge in [-0.25, -0.2) is 0 Å². The molecule has 0 radical (unpaired) electrons. The van der Waals surface area contributed by atoms with Gasteiger partial charge in [0.25, 0.3) is 0 Å². The predicted molar refractivity (Wildman–Crippen MR) is 180 cm³/mol. The molecule has 1 aliphatic rings. The first-order chi connectivity index (χ1) is 22.9. The van der Waals surface area contributed by atoms with Crippen LogP contribution >= 0.6 is 11.6 Å². The number of aldehydes is 1. The highest BCUT2D eigenvalue weighted by Gasteiger charge is 2.21. The summed E-state index contributed by atoms with van der Waals surface area (Å²) in [6.45, 7) is 4.43. The normalized spacial score (nSPS) is 12.2. The van der Waals surface area contributed by atoms with Crippen molar-refractivity contribution in [2.45, 2.75) is 46.3 Å². The van der Waals surface area contributed by atoms with E-state index in [9.17, 15) is 9.59 Å². The number of benzene rings is 4. The fourth-order valence-corrected chi connectivity index (χ4v) is 6.06. The second-order valence-electron chi connectivity index (χ2n) is 11.4. The molecule has 8 heteroatoms. The number of ketones is 1. The second-order valence-corrected chi connectivity index (χ2v) is 11.8. The molecule has 4 aromatic carbocycles. The van der Waals surface area contributed by atoms with Gasteiger partial charge in [-0.05, 0) is 78.8 Å². The number of fused-ring (bicyclic) bond motifs is 1. The van der Waals surface area contributed by atoms with Crippen LogP contribution in [0.15, 0.2) is 85.2 Å². The van der Waals surface area contributed by atoms with E-state index in [1.165, 1.54) is 12.3 Å². The number of Topliss-reactive ketones (excluding diaryl/α,β-unsaturated/α-hetero) is 1. The summed E-state index contributed by atoms with van der Waals surface area (Å²) in [5, 5.41) is 9.43. The zero-order valence-corrected chi connectivity index (χ0v) is 26.8. The highest BCUT2D eigenvalue weighted by atomic mass is 35.5. The molecule has 234 valence electrons. The summed E-state index contributed by atoms with van der Waals surface area (Å²) in [5.41, 5.74) is 8.17. The molecule has 0 saturated heterocycles. The maximum Gasteiger partial charge on any atom is 0.163 e. The highest BCUT2D eigenvalue weighted by molar-refractivity contribution is 6.32. The first-order valence-corrected chi connectivity index (χ1v) is 15.6. The van der Waals surface area contributed by atoms with Gasteiger partial charge in [-0.2, -0.15) is 5.26 Å². The third kappa shape index (κ3) is 6.74. The molecule has 7 nitrogen and oxygen atoms in total. The van der Waals surface area contributed by atoms with E-state index >= 15 is 0 Å². The van der Waals surface area contributed by atoms with Gasteiger partial charge in [-0.3, -0.25) is 14.6 Å². The number of nitriles is 1. The van der Waals surface area contributed by atoms with Crippen LogP contribution in [0.1, 0.15) is 66.9 Å². The zero-order chi connectivity index (χ0) is 32.9. The van der Waals surface area contributed by atoms with E-state index in [0.29, 0.717) is 35.3 Å². The second kappa shape index (κ2) is 13.9. The fraction of sp³-hybridized carbons (Fsp3) is 0.179. The van der Waals surface area contributed by atoms with Gasteiger partial charge < -0.3 is 14.2 Å². The third-order valence-electron chi connectivity index (χ3n) is 8.40. The van der Waals surface area contributed by atoms with Crippen LogP contribution in [0.2, 0.25) is 5.02 Å². The van der Waals surface area contributed by atoms with Gasteiger partial charge >= 0.3 is 0 Å². The number of ether oxygens (including phenoxy) is 3. The van der Waals surface area contributed by atoms with E-state index in [0.717, 1.165) is 63.3 Å². The first kappa shape index (κ1) is 31.5. The topological polar surface area (TPSA) is 98.5 Å². The number of carbonyl (C=O) groups is 2. The Kier molecular flexibility index (Phi) is 9.32. The van der Waals surface area contributed by atoms with Crippen molar-refractivity contribution in [1.82, 2.24) is 4.98 Å². The summed E-state index contributed by atoms with van der Waals surface area (Å²) in [7, 11) is 0. The maximum atomic E-state index is 12.5. The molecule has 1 aliphatic carbocycles. The smallest absolute Gasteiger partial charge is 0.163 e. The lowest BCUT2D eigenvalue weighted by Gasteiger charge is -2.20. The third-order valence-corrected chi connectivity index (χ3v) is 8.69. The van der Waals surface area contributed by atoms with Gasteiger partial charge in [-0.15, -0.1) is 0 Å². The lowest BCUT2D eigenvalue weighted by Crippen LogP contribution is -2.11. The summed E-state index contributed by atoms with van der Waals surface area (Å²) in [6, 6.07) is 24.6. The average molecular weight is 643 g/mol. The SMILES string of the molecule is Cc1c(COc2cc(OCc3cncc(C#N)c3)c(C=O)cc2Cl)cccc1-c1cccc(Oc2cccc3c2CCCC3=O)c1C. The molecule has 1 aromatic heterocycles. The van der Waals surface area contributed by atoms with Crippen molar-refractivity contribution in [1.29, 1.82) is 5.26 Å². The molecule has 6 rings (SSSR count). The van der Waals surface area contributed by atoms with E-state index in [-0.39, 0.29) is 29.6 Å². The summed E-state index contributed by atoms with van der Waals surface area (Å²) < 4.78 is 18.5. The minimum absolute atomic E-state index is 0.110. The zero-order valence-electron chi connectivity index (χ0n) is 26.0. The van der Waals surface area contributed by atoms with Crippen LogP contribution in [0, 0.1) is 25.2 Å². The molecule has 0 N–H and O–H groups in total. The summed E-state index contributed by atoms with van der Waals surface area (Å²) in [4.78, 5) is 28.3. The molecule has 0 amide bonds. The molecule has 1 heterocycles. The van der Waals surface area contributed by atoms with Crippen LogP contribution in [0.3, 0.4) is 0 Å². The minimum atomic E-state index is 0.110. The van der Waals surface area contributed by atoms with Crippen LogP contribution in [0.25, 0.3) is 11.1 Å². The molecule has 0 saturated carbocycles. The van der Waals surface area contributed by atoms with Crippen molar-refractivity contribution in [3.05, 3.63) is 135 Å². The van der Waals surface area contributed by atoms with E-state index in [4.69, 9.17) is 31.1 Å². The molecule has 47 heavy (non-hydrogen) atoms. The number of carbonyl (C=O) groups excluding carboxylic acids is 2. The van der Waals surface area contributed by atoms with Gasteiger partial charge in [0.05, 0.1) is 16.1 Å². The Labute approximate surface area is 278 Å². The fourth-order valence-electron chi connectivity index (χ4n) is 5.83. The van der Waals surface area contributed by atoms with Crippen molar-refractivity contribution in [3.8, 4) is 40.2 Å². The van der Waals surface area contributed by atoms with Gasteiger partial charge in [0.2, 0.25) is 0 Å². The van der Waals surface area contributed by atoms with Crippen LogP contribution in [0.4, 0.5) is 0 Å². The molecular formula is C39H31ClN2O5. The Morgan fingerprint density at radius 1 is 0.830 bits per heavy atom. The first-order valence-electron chi connectivity index (χ1n) is 15.3. The molecule has 0 bridgehead atoms. The Morgan fingerprint density at radius 3 is 2.34 bits per heavy atom. The monoisotopic (exact) mass is 642 g/mol. The van der Waals surface area contributed by atoms with E-state index in [2.05, 4.69) is 30.1 Å². The Balaban J connectivity index is 1.22. The van der Waals surface area contributed by atoms with E-state index in [1.807, 2.05) is 49.4 Å². The van der Waals surface area contributed by atoms with Gasteiger partial charge in [0.1, 0.15) is 42.3 Å². The quantitative estimate of drug-likeness (QED) is 0.140. The minimum Gasteiger partial charge on any atom is -0.488 e. The lowest BCUT2D eigenvalue weighted by atomic mass is 9.90. The molecular weight excluding hydrogens is 612 g/mol. The number of pyridine rings is 1. The number of aromatic nitrogens is 1. The molecule has 5 aromatic rings. The summed E-state index contributed by atoms with van der Waals surface area (Å²) in [5.74, 6) is 2.31. The van der Waals surface area contributed by atoms with Crippen molar-refractivity contribution in [2.75, 3.05) is 0 Å². The number of halogens is 1. The molecule has 0 fully saturated rings. The predicted octanol–water partition coefficient (Wildman–Crippen LogP) is 9.17. The van der Waals surface area contributed by atoms with E-state index in [1.54, 1.807) is 18.3 Å². The van der Waals surface area contributed by atoms with Crippen molar-refractivity contribution in [3.63, 3.8) is 0 Å². The van der Waals surface area contributed by atoms with Gasteiger partial charge in [-0.1, -0.05) is 54.1 Å². The standard InChI is InChI=1S/C39H31ClN2O5/c1-24-28(23-46-39-17-38(29(21-43)16-34(39)40)45-22-27-15-26(18-41)19-42-20-27)7-3-8-30(24)31-9-5-13-36(25(31)2)47-37-14-6-10-32-33(37)11-4-12-35(32)44/h3,5-10,13-17,19-21H,4,11-12,22-23H2,1-2H3. The lowest BCUT2D eigenvalue weighted by molar-refractivity contribution is 0.0971. The molecule has 0 aliphatic heterocycles. The maximum absolute atomic E-state index is 12.5. The molecule has 0 atom stereocenters. The van der Waals surface area contributed by atoms with Crippen LogP contribution < -0.4 is 14.2 Å². The number of hydrogen-bond acceptors (Lipinski definition) is 7. The average Bonchev–Trinajstić information content (AvgIpc) is 3.09. The number of rotatable bonds is 10. The van der Waals surface area contributed by atoms with Crippen LogP contribution in [0.5, 0.6) is 23.0 Å². The van der Waals surface area contributed by atoms with Crippen LogP contribution in [-0.2, 0) is 19.6 Å². The van der Waals surface area contributed by atoms with Crippen molar-refractivity contribution < 1.29 is 23.8 Å². The van der Waals surface area contributed by atoms with E-state index < -0.39 is 0 Å². The molecule has 0 spiro atoms.